The number of carbonyl (C=O) groups excluding carboxylic acids is 2. The van der Waals surface area contributed by atoms with Crippen molar-refractivity contribution in [2.45, 2.75) is 33.3 Å². The van der Waals surface area contributed by atoms with Crippen molar-refractivity contribution in [1.29, 1.82) is 0 Å². The van der Waals surface area contributed by atoms with Gasteiger partial charge in [-0.25, -0.2) is 9.59 Å². The van der Waals surface area contributed by atoms with Crippen molar-refractivity contribution in [3.8, 4) is 11.8 Å². The number of esters is 1. The first-order chi connectivity index (χ1) is 12.6. The zero-order valence-electron chi connectivity index (χ0n) is 14.9. The van der Waals surface area contributed by atoms with Crippen molar-refractivity contribution in [2.75, 3.05) is 0 Å². The fourth-order valence-electron chi connectivity index (χ4n) is 2.44. The molecule has 2 rings (SSSR count). The predicted molar refractivity (Wildman–Crippen MR) is 98.1 cm³/mol. The number of unbranched alkanes of at least 4 members (excludes halogenated alkanes) is 1. The summed E-state index contributed by atoms with van der Waals surface area (Å²) in [6.07, 6.45) is 1.63. The van der Waals surface area contributed by atoms with Crippen LogP contribution in [0.15, 0.2) is 42.5 Å². The number of hydrogen-bond acceptors (Lipinski definition) is 5. The lowest BCUT2D eigenvalue weighted by atomic mass is 9.97. The highest BCUT2D eigenvalue weighted by Gasteiger charge is 2.21. The second-order valence-electron chi connectivity index (χ2n) is 5.68. The van der Waals surface area contributed by atoms with Crippen LogP contribution in [0.3, 0.4) is 0 Å². The molecule has 0 spiro atoms. The van der Waals surface area contributed by atoms with E-state index in [0.29, 0.717) is 17.5 Å². The molecule has 0 amide bonds. The monoisotopic (exact) mass is 351 g/mol. The largest absolute Gasteiger partial charge is 0.457 e. The first-order valence-electron chi connectivity index (χ1n) is 8.33. The van der Waals surface area contributed by atoms with Crippen molar-refractivity contribution in [1.82, 2.24) is 0 Å². The fraction of sp³-hybridized carbons (Fsp3) is 0.238. The SMILES string of the molecule is CCCC#Cc1ccc(C(=O)ON)c(C)c1C(=O)OCc1ccccc1. The Morgan fingerprint density at radius 2 is 1.81 bits per heavy atom. The highest BCUT2D eigenvalue weighted by atomic mass is 16.7. The second kappa shape index (κ2) is 9.40. The minimum atomic E-state index is -0.715. The molecular formula is C21H21NO4. The Morgan fingerprint density at radius 1 is 1.08 bits per heavy atom. The molecule has 2 aromatic rings. The molecule has 0 unspecified atom stereocenters. The van der Waals surface area contributed by atoms with Crippen LogP contribution in [-0.2, 0) is 16.2 Å². The van der Waals surface area contributed by atoms with Gasteiger partial charge < -0.3 is 9.57 Å². The van der Waals surface area contributed by atoms with E-state index in [9.17, 15) is 9.59 Å². The first-order valence-corrected chi connectivity index (χ1v) is 8.33. The molecule has 0 fully saturated rings. The molecule has 2 aromatic carbocycles. The lowest BCUT2D eigenvalue weighted by Gasteiger charge is -2.12. The van der Waals surface area contributed by atoms with Gasteiger partial charge in [-0.3, -0.25) is 0 Å². The van der Waals surface area contributed by atoms with Gasteiger partial charge in [-0.05, 0) is 36.6 Å². The Morgan fingerprint density at radius 3 is 2.46 bits per heavy atom. The molecule has 0 aliphatic carbocycles. The van der Waals surface area contributed by atoms with Crippen molar-refractivity contribution in [3.05, 3.63) is 70.3 Å². The minimum absolute atomic E-state index is 0.131. The molecule has 0 heterocycles. The molecule has 134 valence electrons. The Kier molecular flexibility index (Phi) is 6.95. The van der Waals surface area contributed by atoms with Crippen LogP contribution in [-0.4, -0.2) is 11.9 Å². The average Bonchev–Trinajstić information content (AvgIpc) is 2.66. The summed E-state index contributed by atoms with van der Waals surface area (Å²) >= 11 is 0. The van der Waals surface area contributed by atoms with Crippen molar-refractivity contribution >= 4 is 11.9 Å². The van der Waals surface area contributed by atoms with E-state index in [0.717, 1.165) is 12.0 Å². The van der Waals surface area contributed by atoms with Crippen LogP contribution in [0.1, 0.15) is 57.2 Å². The third-order valence-electron chi connectivity index (χ3n) is 3.81. The predicted octanol–water partition coefficient (Wildman–Crippen LogP) is 3.53. The van der Waals surface area contributed by atoms with Crippen LogP contribution in [0.4, 0.5) is 0 Å². The topological polar surface area (TPSA) is 78.6 Å². The van der Waals surface area contributed by atoms with Gasteiger partial charge in [-0.15, -0.1) is 0 Å². The van der Waals surface area contributed by atoms with E-state index >= 15 is 0 Å². The second-order valence-corrected chi connectivity index (χ2v) is 5.68. The molecule has 0 bridgehead atoms. The molecule has 0 atom stereocenters. The first kappa shape index (κ1) is 19.2. The number of rotatable bonds is 5. The third-order valence-corrected chi connectivity index (χ3v) is 3.81. The average molecular weight is 351 g/mol. The van der Waals surface area contributed by atoms with Crippen molar-refractivity contribution in [3.63, 3.8) is 0 Å². The Bertz CT molecular complexity index is 848. The number of nitrogens with two attached hydrogens (primary N) is 1. The molecule has 0 aromatic heterocycles. The molecule has 2 N–H and O–H groups in total. The molecule has 0 saturated carbocycles. The quantitative estimate of drug-likeness (QED) is 0.506. The summed E-state index contributed by atoms with van der Waals surface area (Å²) in [4.78, 5) is 28.8. The van der Waals surface area contributed by atoms with E-state index in [2.05, 4.69) is 16.7 Å². The number of benzene rings is 2. The minimum Gasteiger partial charge on any atom is -0.457 e. The summed E-state index contributed by atoms with van der Waals surface area (Å²) < 4.78 is 5.42. The van der Waals surface area contributed by atoms with Gasteiger partial charge >= 0.3 is 11.9 Å². The molecule has 0 saturated heterocycles. The lowest BCUT2D eigenvalue weighted by Crippen LogP contribution is -2.16. The molecule has 0 aliphatic heterocycles. The van der Waals surface area contributed by atoms with Gasteiger partial charge in [0.25, 0.3) is 0 Å². The van der Waals surface area contributed by atoms with Gasteiger partial charge in [-0.1, -0.05) is 49.1 Å². The van der Waals surface area contributed by atoms with E-state index in [-0.39, 0.29) is 17.7 Å². The van der Waals surface area contributed by atoms with Crippen LogP contribution >= 0.6 is 0 Å². The zero-order valence-corrected chi connectivity index (χ0v) is 14.9. The molecule has 5 nitrogen and oxygen atoms in total. The van der Waals surface area contributed by atoms with Crippen LogP contribution in [0.5, 0.6) is 0 Å². The Labute approximate surface area is 153 Å². The summed E-state index contributed by atoms with van der Waals surface area (Å²) in [5.41, 5.74) is 2.28. The van der Waals surface area contributed by atoms with Crippen molar-refractivity contribution < 1.29 is 19.2 Å². The van der Waals surface area contributed by atoms with E-state index in [1.54, 1.807) is 19.1 Å². The van der Waals surface area contributed by atoms with E-state index in [1.165, 1.54) is 0 Å². The number of ether oxygens (including phenoxy) is 1. The molecule has 0 radical (unpaired) electrons. The summed E-state index contributed by atoms with van der Waals surface area (Å²) in [5, 5.41) is 0. The van der Waals surface area contributed by atoms with Crippen LogP contribution in [0.25, 0.3) is 0 Å². The smallest absolute Gasteiger partial charge is 0.356 e. The number of carbonyl (C=O) groups is 2. The summed E-state index contributed by atoms with van der Waals surface area (Å²) in [6.45, 7) is 3.80. The maximum absolute atomic E-state index is 12.7. The molecule has 26 heavy (non-hydrogen) atoms. The summed E-state index contributed by atoms with van der Waals surface area (Å²) in [5.74, 6) is 9.71. The van der Waals surface area contributed by atoms with Gasteiger partial charge in [0.15, 0.2) is 0 Å². The molecule has 0 aliphatic rings. The van der Waals surface area contributed by atoms with Gasteiger partial charge in [0, 0.05) is 12.0 Å². The maximum atomic E-state index is 12.7. The van der Waals surface area contributed by atoms with E-state index < -0.39 is 11.9 Å². The van der Waals surface area contributed by atoms with Crippen LogP contribution < -0.4 is 5.90 Å². The summed E-state index contributed by atoms with van der Waals surface area (Å²) in [6, 6.07) is 12.5. The molecular weight excluding hydrogens is 330 g/mol. The molecule has 5 heteroatoms. The Balaban J connectivity index is 2.36. The van der Waals surface area contributed by atoms with Gasteiger partial charge in [0.2, 0.25) is 0 Å². The normalized spacial score (nSPS) is 9.81. The summed E-state index contributed by atoms with van der Waals surface area (Å²) in [7, 11) is 0. The Hall–Kier alpha value is -3.10. The van der Waals surface area contributed by atoms with E-state index in [4.69, 9.17) is 10.6 Å². The zero-order chi connectivity index (χ0) is 18.9. The van der Waals surface area contributed by atoms with Gasteiger partial charge in [0.05, 0.1) is 11.1 Å². The van der Waals surface area contributed by atoms with E-state index in [1.807, 2.05) is 37.3 Å². The fourth-order valence-corrected chi connectivity index (χ4v) is 2.44. The third kappa shape index (κ3) is 4.71. The van der Waals surface area contributed by atoms with Crippen molar-refractivity contribution in [2.24, 2.45) is 5.90 Å². The highest BCUT2D eigenvalue weighted by Crippen LogP contribution is 2.21. The van der Waals surface area contributed by atoms with Crippen LogP contribution in [0.2, 0.25) is 0 Å². The van der Waals surface area contributed by atoms with Gasteiger partial charge in [-0.2, -0.15) is 5.90 Å². The van der Waals surface area contributed by atoms with Gasteiger partial charge in [0.1, 0.15) is 6.61 Å². The standard InChI is InChI=1S/C21H21NO4/c1-3-4-6-11-17-12-13-18(20(23)26-22)15(2)19(17)21(24)25-14-16-9-7-5-8-10-16/h5,7-10,12-13H,3-4,14,22H2,1-2H3. The highest BCUT2D eigenvalue weighted by molar-refractivity contribution is 5.99. The van der Waals surface area contributed by atoms with Crippen LogP contribution in [0, 0.1) is 18.8 Å². The number of hydrogen-bond donors (Lipinski definition) is 1. The lowest BCUT2D eigenvalue weighted by molar-refractivity contribution is 0.0471. The maximum Gasteiger partial charge on any atom is 0.356 e.